The first-order valence-corrected chi connectivity index (χ1v) is 9.94. The molecule has 7 heteroatoms. The number of aromatic nitrogens is 4. The second-order valence-electron chi connectivity index (χ2n) is 7.51. The molecule has 138 valence electrons. The highest BCUT2D eigenvalue weighted by Gasteiger charge is 2.35. The molecule has 0 radical (unpaired) electrons. The Balaban J connectivity index is 1.55. The van der Waals surface area contributed by atoms with Crippen molar-refractivity contribution in [3.8, 4) is 11.3 Å². The maximum atomic E-state index is 11.1. The number of fused-ring (bicyclic) bond motifs is 2. The minimum absolute atomic E-state index is 0.675. The second-order valence-corrected chi connectivity index (χ2v) is 8.54. The zero-order valence-corrected chi connectivity index (χ0v) is 16.2. The van der Waals surface area contributed by atoms with Crippen LogP contribution in [-0.2, 0) is 12.6 Å². The molecule has 1 aliphatic heterocycles. The van der Waals surface area contributed by atoms with E-state index in [0.717, 1.165) is 56.8 Å². The third-order valence-electron chi connectivity index (χ3n) is 5.27. The number of aliphatic hydroxyl groups is 1. The van der Waals surface area contributed by atoms with Crippen LogP contribution in [0, 0.1) is 0 Å². The minimum atomic E-state index is -0.769. The molecule has 5 rings (SSSR count). The topological polar surface area (TPSA) is 67.1 Å². The van der Waals surface area contributed by atoms with Gasteiger partial charge in [-0.2, -0.15) is 5.10 Å². The summed E-state index contributed by atoms with van der Waals surface area (Å²) in [5, 5.41) is 17.5. The van der Waals surface area contributed by atoms with E-state index in [-0.39, 0.29) is 0 Å². The van der Waals surface area contributed by atoms with Crippen LogP contribution in [0.1, 0.15) is 17.7 Å². The Hall–Kier alpha value is -2.35. The fourth-order valence-corrected chi connectivity index (χ4v) is 5.07. The van der Waals surface area contributed by atoms with Crippen LogP contribution < -0.4 is 0 Å². The number of likely N-dealkylation sites (N-methyl/N-ethyl adjacent to an activating group) is 1. The van der Waals surface area contributed by atoms with Gasteiger partial charge in [-0.25, -0.2) is 9.97 Å². The number of thiophene rings is 1. The Morgan fingerprint density at radius 3 is 2.93 bits per heavy atom. The van der Waals surface area contributed by atoms with Gasteiger partial charge in [0.05, 0.1) is 5.69 Å². The average Bonchev–Trinajstić information content (AvgIpc) is 3.22. The highest BCUT2D eigenvalue weighted by Crippen LogP contribution is 2.38. The molecule has 1 saturated heterocycles. The van der Waals surface area contributed by atoms with Gasteiger partial charge in [0, 0.05) is 47.2 Å². The van der Waals surface area contributed by atoms with Gasteiger partial charge >= 0.3 is 0 Å². The Morgan fingerprint density at radius 1 is 1.19 bits per heavy atom. The van der Waals surface area contributed by atoms with E-state index in [2.05, 4.69) is 40.2 Å². The summed E-state index contributed by atoms with van der Waals surface area (Å²) in [6.45, 7) is 1.72. The van der Waals surface area contributed by atoms with Crippen LogP contribution in [0.25, 0.3) is 32.5 Å². The number of rotatable bonds is 2. The number of hydrogen-bond donors (Lipinski definition) is 1. The van der Waals surface area contributed by atoms with Gasteiger partial charge in [0.2, 0.25) is 0 Å². The lowest BCUT2D eigenvalue weighted by atomic mass is 9.91. The Labute approximate surface area is 161 Å². The van der Waals surface area contributed by atoms with E-state index >= 15 is 0 Å². The summed E-state index contributed by atoms with van der Waals surface area (Å²) in [4.78, 5) is 13.5. The second kappa shape index (κ2) is 6.09. The van der Waals surface area contributed by atoms with Gasteiger partial charge in [0.1, 0.15) is 10.4 Å². The molecule has 0 spiro atoms. The fraction of sp³-hybridized carbons (Fsp3) is 0.350. The monoisotopic (exact) mass is 379 g/mol. The molecule has 1 N–H and O–H groups in total. The molecule has 0 saturated carbocycles. The van der Waals surface area contributed by atoms with Gasteiger partial charge in [-0.3, -0.25) is 4.68 Å². The SMILES string of the molecule is CN1CCC[C@](O)(c2cc3ccc(-c4cnc5nn(C)cc5c4)nc3s2)C1. The van der Waals surface area contributed by atoms with Gasteiger partial charge in [-0.05, 0) is 50.7 Å². The maximum absolute atomic E-state index is 11.1. The molecular formula is C20H21N5OS. The first-order valence-electron chi connectivity index (χ1n) is 9.12. The van der Waals surface area contributed by atoms with Crippen molar-refractivity contribution in [3.05, 3.63) is 41.5 Å². The summed E-state index contributed by atoms with van der Waals surface area (Å²) >= 11 is 1.60. The number of pyridine rings is 2. The molecule has 0 amide bonds. The van der Waals surface area contributed by atoms with E-state index in [4.69, 9.17) is 4.98 Å². The van der Waals surface area contributed by atoms with Crippen molar-refractivity contribution in [3.63, 3.8) is 0 Å². The largest absolute Gasteiger partial charge is 0.383 e. The maximum Gasteiger partial charge on any atom is 0.181 e. The van der Waals surface area contributed by atoms with E-state index in [1.807, 2.05) is 25.5 Å². The highest BCUT2D eigenvalue weighted by atomic mass is 32.1. The zero-order chi connectivity index (χ0) is 18.6. The molecule has 27 heavy (non-hydrogen) atoms. The van der Waals surface area contributed by atoms with Crippen LogP contribution in [0.15, 0.2) is 36.7 Å². The Bertz CT molecular complexity index is 1150. The van der Waals surface area contributed by atoms with Gasteiger partial charge in [-0.15, -0.1) is 11.3 Å². The minimum Gasteiger partial charge on any atom is -0.383 e. The van der Waals surface area contributed by atoms with Crippen molar-refractivity contribution in [1.29, 1.82) is 0 Å². The molecule has 1 aliphatic rings. The lowest BCUT2D eigenvalue weighted by Crippen LogP contribution is -2.43. The van der Waals surface area contributed by atoms with Crippen LogP contribution in [0.5, 0.6) is 0 Å². The van der Waals surface area contributed by atoms with Crippen molar-refractivity contribution in [1.82, 2.24) is 24.6 Å². The molecule has 0 aliphatic carbocycles. The predicted molar refractivity (Wildman–Crippen MR) is 108 cm³/mol. The molecule has 1 atom stereocenters. The number of nitrogens with zero attached hydrogens (tertiary/aromatic N) is 5. The first kappa shape index (κ1) is 16.8. The molecule has 0 bridgehead atoms. The summed E-state index contributed by atoms with van der Waals surface area (Å²) in [6, 6.07) is 8.27. The first-order chi connectivity index (χ1) is 13.0. The number of aryl methyl sites for hydroxylation is 1. The van der Waals surface area contributed by atoms with Crippen LogP contribution in [0.4, 0.5) is 0 Å². The van der Waals surface area contributed by atoms with Crippen molar-refractivity contribution < 1.29 is 5.11 Å². The molecule has 6 nitrogen and oxygen atoms in total. The normalized spacial score (nSPS) is 21.3. The molecule has 5 heterocycles. The molecule has 4 aromatic heterocycles. The number of hydrogen-bond acceptors (Lipinski definition) is 6. The van der Waals surface area contributed by atoms with Crippen LogP contribution in [0.3, 0.4) is 0 Å². The zero-order valence-electron chi connectivity index (χ0n) is 15.4. The smallest absolute Gasteiger partial charge is 0.181 e. The molecule has 4 aromatic rings. The van der Waals surface area contributed by atoms with E-state index < -0.39 is 5.60 Å². The van der Waals surface area contributed by atoms with Gasteiger partial charge < -0.3 is 10.0 Å². The summed E-state index contributed by atoms with van der Waals surface area (Å²) in [5.41, 5.74) is 1.84. The van der Waals surface area contributed by atoms with Crippen molar-refractivity contribution in [2.24, 2.45) is 7.05 Å². The van der Waals surface area contributed by atoms with E-state index in [1.54, 1.807) is 16.0 Å². The lowest BCUT2D eigenvalue weighted by Gasteiger charge is -2.36. The third kappa shape index (κ3) is 2.92. The number of β-amino-alcohol motifs (C(OH)–C–C–N with tert-alkyl or cyclic N) is 1. The summed E-state index contributed by atoms with van der Waals surface area (Å²) in [7, 11) is 3.96. The summed E-state index contributed by atoms with van der Waals surface area (Å²) in [6.07, 6.45) is 5.60. The standard InChI is InChI=1S/C20H21N5OS/c1-24-7-3-6-20(26,12-24)17-9-13-4-5-16(22-19(13)27-17)14-8-15-11-25(2)23-18(15)21-10-14/h4-5,8-11,26H,3,6-7,12H2,1-2H3/t20-/m1/s1. The van der Waals surface area contributed by atoms with Gasteiger partial charge in [0.25, 0.3) is 0 Å². The van der Waals surface area contributed by atoms with Crippen molar-refractivity contribution in [2.45, 2.75) is 18.4 Å². The summed E-state index contributed by atoms with van der Waals surface area (Å²) in [5.74, 6) is 0. The van der Waals surface area contributed by atoms with Gasteiger partial charge in [-0.1, -0.05) is 0 Å². The number of likely N-dealkylation sites (tertiary alicyclic amines) is 1. The lowest BCUT2D eigenvalue weighted by molar-refractivity contribution is -0.0247. The average molecular weight is 379 g/mol. The Kier molecular flexibility index (Phi) is 3.79. The molecule has 0 unspecified atom stereocenters. The van der Waals surface area contributed by atoms with Crippen LogP contribution in [-0.4, -0.2) is 49.9 Å². The fourth-order valence-electron chi connectivity index (χ4n) is 3.93. The number of piperidine rings is 1. The van der Waals surface area contributed by atoms with E-state index in [1.165, 1.54) is 0 Å². The molecule has 0 aromatic carbocycles. The van der Waals surface area contributed by atoms with Crippen molar-refractivity contribution in [2.75, 3.05) is 20.1 Å². The van der Waals surface area contributed by atoms with Crippen molar-refractivity contribution >= 4 is 32.6 Å². The Morgan fingerprint density at radius 2 is 2.07 bits per heavy atom. The van der Waals surface area contributed by atoms with Crippen LogP contribution in [0.2, 0.25) is 0 Å². The van der Waals surface area contributed by atoms with E-state index in [0.29, 0.717) is 6.54 Å². The third-order valence-corrected chi connectivity index (χ3v) is 6.51. The summed E-state index contributed by atoms with van der Waals surface area (Å²) < 4.78 is 1.77. The molecular weight excluding hydrogens is 358 g/mol. The molecule has 1 fully saturated rings. The van der Waals surface area contributed by atoms with Crippen LogP contribution >= 0.6 is 11.3 Å². The predicted octanol–water partition coefficient (Wildman–Crippen LogP) is 3.16. The quantitative estimate of drug-likeness (QED) is 0.579. The van der Waals surface area contributed by atoms with E-state index in [9.17, 15) is 5.11 Å². The highest BCUT2D eigenvalue weighted by molar-refractivity contribution is 7.18. The van der Waals surface area contributed by atoms with Gasteiger partial charge in [0.15, 0.2) is 5.65 Å².